The highest BCUT2D eigenvalue weighted by Crippen LogP contribution is 2.16. The topological polar surface area (TPSA) is 65.1 Å². The largest absolute Gasteiger partial charge is 0.374 e. The van der Waals surface area contributed by atoms with E-state index in [9.17, 15) is 9.59 Å². The molecule has 0 saturated carbocycles. The summed E-state index contributed by atoms with van der Waals surface area (Å²) < 4.78 is 5.72. The number of imide groups is 1. The van der Waals surface area contributed by atoms with Crippen molar-refractivity contribution in [2.45, 2.75) is 25.5 Å². The lowest BCUT2D eigenvalue weighted by Crippen LogP contribution is -2.49. The van der Waals surface area contributed by atoms with E-state index in [4.69, 9.17) is 4.74 Å². The van der Waals surface area contributed by atoms with Crippen LogP contribution in [0.3, 0.4) is 0 Å². The molecule has 2 aliphatic rings. The lowest BCUT2D eigenvalue weighted by atomic mass is 10.1. The third kappa shape index (κ3) is 3.93. The second kappa shape index (κ2) is 6.29. The Morgan fingerprint density at radius 2 is 2.05 bits per heavy atom. The molecular weight excluding hydrogens is 272 g/mol. The van der Waals surface area contributed by atoms with Crippen LogP contribution in [-0.2, 0) is 9.53 Å². The monoisotopic (exact) mass is 298 g/mol. The van der Waals surface area contributed by atoms with Gasteiger partial charge in [0, 0.05) is 32.7 Å². The molecule has 1 atom stereocenters. The standard InChI is InChI=1S/C14H26N4O3/c1-14(2)12(19)18(13(20)15-14)6-5-17-7-8-21-11(10-17)9-16(3)4/h11H,5-10H2,1-4H3,(H,15,20). The highest BCUT2D eigenvalue weighted by molar-refractivity contribution is 6.06. The van der Waals surface area contributed by atoms with Gasteiger partial charge in [-0.2, -0.15) is 0 Å². The second-order valence-electron chi connectivity index (χ2n) is 6.57. The fourth-order valence-corrected chi connectivity index (χ4v) is 2.76. The number of amides is 3. The predicted octanol–water partition coefficient (Wildman–Crippen LogP) is -0.421. The van der Waals surface area contributed by atoms with E-state index in [1.54, 1.807) is 13.8 Å². The average Bonchev–Trinajstić information content (AvgIpc) is 2.56. The first-order valence-electron chi connectivity index (χ1n) is 7.42. The first-order chi connectivity index (χ1) is 9.79. The number of rotatable bonds is 5. The molecule has 1 unspecified atom stereocenters. The lowest BCUT2D eigenvalue weighted by Gasteiger charge is -2.34. The maximum atomic E-state index is 12.1. The summed E-state index contributed by atoms with van der Waals surface area (Å²) in [4.78, 5) is 29.6. The number of urea groups is 1. The van der Waals surface area contributed by atoms with Crippen molar-refractivity contribution in [2.75, 3.05) is 53.4 Å². The normalized spacial score (nSPS) is 26.5. The highest BCUT2D eigenvalue weighted by Gasteiger charge is 2.44. The Kier molecular flexibility index (Phi) is 4.85. The van der Waals surface area contributed by atoms with Gasteiger partial charge in [-0.3, -0.25) is 14.6 Å². The molecule has 2 heterocycles. The summed E-state index contributed by atoms with van der Waals surface area (Å²) in [7, 11) is 4.05. The molecule has 120 valence electrons. The van der Waals surface area contributed by atoms with Gasteiger partial charge in [0.25, 0.3) is 5.91 Å². The Morgan fingerprint density at radius 3 is 2.62 bits per heavy atom. The van der Waals surface area contributed by atoms with E-state index in [0.717, 1.165) is 19.6 Å². The Labute approximate surface area is 126 Å². The number of hydrogen-bond donors (Lipinski definition) is 1. The lowest BCUT2D eigenvalue weighted by molar-refractivity contribution is -0.130. The van der Waals surface area contributed by atoms with E-state index in [1.165, 1.54) is 4.90 Å². The van der Waals surface area contributed by atoms with E-state index in [1.807, 2.05) is 14.1 Å². The van der Waals surface area contributed by atoms with Gasteiger partial charge >= 0.3 is 6.03 Å². The van der Waals surface area contributed by atoms with Gasteiger partial charge in [-0.05, 0) is 27.9 Å². The van der Waals surface area contributed by atoms with Gasteiger partial charge in [0.2, 0.25) is 0 Å². The van der Waals surface area contributed by atoms with Gasteiger partial charge in [0.1, 0.15) is 5.54 Å². The molecule has 3 amide bonds. The molecule has 21 heavy (non-hydrogen) atoms. The molecular formula is C14H26N4O3. The number of nitrogens with zero attached hydrogens (tertiary/aromatic N) is 3. The number of hydrogen-bond acceptors (Lipinski definition) is 5. The van der Waals surface area contributed by atoms with E-state index >= 15 is 0 Å². The van der Waals surface area contributed by atoms with Crippen molar-refractivity contribution in [3.05, 3.63) is 0 Å². The molecule has 0 spiro atoms. The summed E-state index contributed by atoms with van der Waals surface area (Å²) in [6, 6.07) is -0.289. The number of ether oxygens (including phenoxy) is 1. The maximum Gasteiger partial charge on any atom is 0.325 e. The zero-order valence-electron chi connectivity index (χ0n) is 13.4. The van der Waals surface area contributed by atoms with Crippen LogP contribution in [0.5, 0.6) is 0 Å². The van der Waals surface area contributed by atoms with Crippen LogP contribution in [0.15, 0.2) is 0 Å². The fraction of sp³-hybridized carbons (Fsp3) is 0.857. The molecule has 2 rings (SSSR count). The van der Waals surface area contributed by atoms with Crippen molar-refractivity contribution < 1.29 is 14.3 Å². The molecule has 2 saturated heterocycles. The zero-order valence-corrected chi connectivity index (χ0v) is 13.4. The molecule has 1 N–H and O–H groups in total. The quantitative estimate of drug-likeness (QED) is 0.698. The minimum Gasteiger partial charge on any atom is -0.374 e. The number of carbonyl (C=O) groups excluding carboxylic acids is 2. The summed E-state index contributed by atoms with van der Waals surface area (Å²) >= 11 is 0. The van der Waals surface area contributed by atoms with Crippen molar-refractivity contribution in [2.24, 2.45) is 0 Å². The number of nitrogens with one attached hydrogen (secondary N) is 1. The van der Waals surface area contributed by atoms with Gasteiger partial charge in [-0.25, -0.2) is 4.79 Å². The number of carbonyl (C=O) groups is 2. The SMILES string of the molecule is CN(C)CC1CN(CCN2C(=O)NC(C)(C)C2=O)CCO1. The van der Waals surface area contributed by atoms with Gasteiger partial charge in [-0.1, -0.05) is 0 Å². The minimum atomic E-state index is -0.782. The van der Waals surface area contributed by atoms with Crippen LogP contribution in [0.4, 0.5) is 4.79 Å². The Hall–Kier alpha value is -1.18. The summed E-state index contributed by atoms with van der Waals surface area (Å²) in [6.45, 7) is 7.86. The fourth-order valence-electron chi connectivity index (χ4n) is 2.76. The van der Waals surface area contributed by atoms with Crippen molar-refractivity contribution in [3.63, 3.8) is 0 Å². The van der Waals surface area contributed by atoms with E-state index in [-0.39, 0.29) is 18.0 Å². The van der Waals surface area contributed by atoms with Gasteiger partial charge in [0.05, 0.1) is 12.7 Å². The average molecular weight is 298 g/mol. The summed E-state index contributed by atoms with van der Waals surface area (Å²) in [5.41, 5.74) is -0.782. The predicted molar refractivity (Wildman–Crippen MR) is 79.1 cm³/mol. The summed E-state index contributed by atoms with van der Waals surface area (Å²) in [6.07, 6.45) is 0.188. The van der Waals surface area contributed by atoms with E-state index < -0.39 is 5.54 Å². The summed E-state index contributed by atoms with van der Waals surface area (Å²) in [5, 5.41) is 2.70. The Bertz CT molecular complexity index is 411. The Morgan fingerprint density at radius 1 is 1.33 bits per heavy atom. The van der Waals surface area contributed by atoms with E-state index in [2.05, 4.69) is 15.1 Å². The smallest absolute Gasteiger partial charge is 0.325 e. The molecule has 0 bridgehead atoms. The minimum absolute atomic E-state index is 0.148. The molecule has 7 heteroatoms. The van der Waals surface area contributed by atoms with Crippen LogP contribution in [0, 0.1) is 0 Å². The molecule has 7 nitrogen and oxygen atoms in total. The molecule has 0 aromatic rings. The first kappa shape index (κ1) is 16.2. The first-order valence-corrected chi connectivity index (χ1v) is 7.42. The Balaban J connectivity index is 1.83. The van der Waals surface area contributed by atoms with E-state index in [0.29, 0.717) is 19.7 Å². The molecule has 2 aliphatic heterocycles. The summed E-state index contributed by atoms with van der Waals surface area (Å²) in [5.74, 6) is -0.148. The zero-order chi connectivity index (χ0) is 15.6. The van der Waals surface area contributed by atoms with Crippen LogP contribution >= 0.6 is 0 Å². The number of likely N-dealkylation sites (N-methyl/N-ethyl adjacent to an activating group) is 1. The molecule has 0 aromatic heterocycles. The van der Waals surface area contributed by atoms with Crippen LogP contribution < -0.4 is 5.32 Å². The molecule has 2 fully saturated rings. The van der Waals surface area contributed by atoms with Crippen molar-refractivity contribution in [3.8, 4) is 0 Å². The van der Waals surface area contributed by atoms with Crippen LogP contribution in [0.2, 0.25) is 0 Å². The molecule has 0 radical (unpaired) electrons. The molecule has 0 aliphatic carbocycles. The van der Waals surface area contributed by atoms with Crippen molar-refractivity contribution >= 4 is 11.9 Å². The third-order valence-electron chi connectivity index (χ3n) is 3.88. The van der Waals surface area contributed by atoms with Crippen molar-refractivity contribution in [1.82, 2.24) is 20.0 Å². The van der Waals surface area contributed by atoms with Crippen LogP contribution in [0.25, 0.3) is 0 Å². The maximum absolute atomic E-state index is 12.1. The number of morpholine rings is 1. The van der Waals surface area contributed by atoms with Gasteiger partial charge < -0.3 is 15.0 Å². The highest BCUT2D eigenvalue weighted by atomic mass is 16.5. The molecule has 0 aromatic carbocycles. The van der Waals surface area contributed by atoms with Gasteiger partial charge in [-0.15, -0.1) is 0 Å². The van der Waals surface area contributed by atoms with Crippen LogP contribution in [0.1, 0.15) is 13.8 Å². The van der Waals surface area contributed by atoms with Crippen molar-refractivity contribution in [1.29, 1.82) is 0 Å². The van der Waals surface area contributed by atoms with Gasteiger partial charge in [0.15, 0.2) is 0 Å². The second-order valence-corrected chi connectivity index (χ2v) is 6.57. The third-order valence-corrected chi connectivity index (χ3v) is 3.88. The van der Waals surface area contributed by atoms with Crippen LogP contribution in [-0.4, -0.2) is 91.7 Å².